The maximum absolute atomic E-state index is 12.5. The van der Waals surface area contributed by atoms with Gasteiger partial charge in [0.25, 0.3) is 0 Å². The Morgan fingerprint density at radius 3 is 1.83 bits per heavy atom. The lowest BCUT2D eigenvalue weighted by Crippen LogP contribution is -2.55. The van der Waals surface area contributed by atoms with E-state index in [0.717, 1.165) is 38.6 Å². The lowest BCUT2D eigenvalue weighted by atomic mass is 9.81. The fraction of sp³-hybridized carbons (Fsp3) is 0.882. The molecule has 1 aliphatic carbocycles. The van der Waals surface area contributed by atoms with E-state index >= 15 is 0 Å². The molecule has 2 atom stereocenters. The summed E-state index contributed by atoms with van der Waals surface area (Å²) >= 11 is 0. The van der Waals surface area contributed by atoms with Gasteiger partial charge in [-0.25, -0.2) is 0 Å². The van der Waals surface area contributed by atoms with Crippen molar-refractivity contribution >= 4 is 28.3 Å². The van der Waals surface area contributed by atoms with Crippen molar-refractivity contribution in [2.75, 3.05) is 13.1 Å². The summed E-state index contributed by atoms with van der Waals surface area (Å²) in [4.78, 5) is 26.7. The van der Waals surface area contributed by atoms with Crippen LogP contribution in [-0.4, -0.2) is 50.5 Å². The molecule has 2 unspecified atom stereocenters. The third-order valence-corrected chi connectivity index (χ3v) is 17.0. The summed E-state index contributed by atoms with van der Waals surface area (Å²) in [7, 11) is -2.48. The molecule has 0 N–H and O–H groups in total. The molecular weight excluding hydrogens is 320 g/mol. The van der Waals surface area contributed by atoms with Crippen LogP contribution in [0.4, 0.5) is 0 Å². The van der Waals surface area contributed by atoms with Crippen LogP contribution in [0.5, 0.6) is 0 Å². The zero-order valence-corrected chi connectivity index (χ0v) is 17.2. The van der Waals surface area contributed by atoms with Crippen molar-refractivity contribution in [3.63, 3.8) is 0 Å². The van der Waals surface area contributed by atoms with E-state index in [2.05, 4.69) is 30.4 Å². The van der Waals surface area contributed by atoms with Crippen LogP contribution >= 0.6 is 0 Å². The smallest absolute Gasteiger partial charge is 0.233 e. The Hall–Kier alpha value is -0.466. The maximum atomic E-state index is 12.5. The van der Waals surface area contributed by atoms with Crippen LogP contribution in [0.25, 0.3) is 0 Å². The first kappa shape index (κ1) is 17.4. The molecule has 2 aliphatic heterocycles. The first-order chi connectivity index (χ1) is 10.7. The van der Waals surface area contributed by atoms with Crippen LogP contribution in [0.15, 0.2) is 0 Å². The second-order valence-corrected chi connectivity index (χ2v) is 18.7. The molecule has 2 heterocycles. The normalized spacial score (nSPS) is 33.3. The first-order valence-corrected chi connectivity index (χ1v) is 15.7. The van der Waals surface area contributed by atoms with Gasteiger partial charge in [-0.3, -0.25) is 14.5 Å². The number of nitrogens with zero attached hydrogens (tertiary/aromatic N) is 2. The molecule has 1 saturated carbocycles. The lowest BCUT2D eigenvalue weighted by Gasteiger charge is -2.39. The van der Waals surface area contributed by atoms with Crippen molar-refractivity contribution in [3.8, 4) is 0 Å². The summed E-state index contributed by atoms with van der Waals surface area (Å²) in [6.45, 7) is 11.7. The van der Waals surface area contributed by atoms with Crippen molar-refractivity contribution in [2.45, 2.75) is 70.4 Å². The molecule has 130 valence electrons. The monoisotopic (exact) mass is 352 g/mol. The minimum absolute atomic E-state index is 0.0136. The molecular formula is C17H32N2O2Si2. The number of amides is 2. The third kappa shape index (κ3) is 3.09. The highest BCUT2D eigenvalue weighted by Crippen LogP contribution is 2.39. The first-order valence-electron chi connectivity index (χ1n) is 9.37. The van der Waals surface area contributed by atoms with E-state index < -0.39 is 16.5 Å². The fourth-order valence-electron chi connectivity index (χ4n) is 5.14. The van der Waals surface area contributed by atoms with Crippen LogP contribution in [-0.2, 0) is 9.59 Å². The summed E-state index contributed by atoms with van der Waals surface area (Å²) in [5, 5.41) is 0. The molecule has 6 heteroatoms. The Balaban J connectivity index is 1.58. The number of fused-ring (bicyclic) bond motifs is 1. The molecule has 3 rings (SSSR count). The molecule has 3 fully saturated rings. The number of carbonyl (C=O) groups is 2. The molecule has 2 amide bonds. The molecule has 0 spiro atoms. The minimum atomic E-state index is -1.24. The van der Waals surface area contributed by atoms with Crippen LogP contribution in [0.1, 0.15) is 32.1 Å². The highest BCUT2D eigenvalue weighted by atomic mass is 28.4. The largest absolute Gasteiger partial charge is 0.345 e. The van der Waals surface area contributed by atoms with Gasteiger partial charge in [-0.15, -0.1) is 0 Å². The highest BCUT2D eigenvalue weighted by molar-refractivity contribution is 6.95. The number of imide groups is 1. The van der Waals surface area contributed by atoms with Crippen LogP contribution in [0, 0.1) is 11.8 Å². The van der Waals surface area contributed by atoms with E-state index in [4.69, 9.17) is 0 Å². The van der Waals surface area contributed by atoms with Gasteiger partial charge in [-0.2, -0.15) is 0 Å². The number of hydrogen-bond acceptors (Lipinski definition) is 3. The van der Waals surface area contributed by atoms with E-state index in [-0.39, 0.29) is 23.7 Å². The van der Waals surface area contributed by atoms with Crippen LogP contribution < -0.4 is 0 Å². The summed E-state index contributed by atoms with van der Waals surface area (Å²) in [6.07, 6.45) is 5.04. The van der Waals surface area contributed by atoms with E-state index in [1.165, 1.54) is 12.1 Å². The van der Waals surface area contributed by atoms with E-state index in [1.54, 1.807) is 4.90 Å². The van der Waals surface area contributed by atoms with Gasteiger partial charge < -0.3 is 4.23 Å². The summed E-state index contributed by atoms with van der Waals surface area (Å²) in [5.41, 5.74) is 0. The summed E-state index contributed by atoms with van der Waals surface area (Å²) in [5.74, 6) is 0.294. The average molecular weight is 353 g/mol. The second kappa shape index (κ2) is 6.11. The van der Waals surface area contributed by atoms with Gasteiger partial charge in [0.2, 0.25) is 11.8 Å². The van der Waals surface area contributed by atoms with Gasteiger partial charge in [0.1, 0.15) is 16.5 Å². The summed E-state index contributed by atoms with van der Waals surface area (Å²) < 4.78 is 2.85. The van der Waals surface area contributed by atoms with Crippen molar-refractivity contribution < 1.29 is 9.59 Å². The van der Waals surface area contributed by atoms with Gasteiger partial charge in [0.05, 0.1) is 11.8 Å². The van der Waals surface area contributed by atoms with E-state index in [1.807, 2.05) is 0 Å². The van der Waals surface area contributed by atoms with Gasteiger partial charge in [-0.1, -0.05) is 39.0 Å². The Bertz CT molecular complexity index is 467. The molecule has 0 aromatic carbocycles. The fourth-order valence-corrected chi connectivity index (χ4v) is 19.3. The van der Waals surface area contributed by atoms with Gasteiger partial charge in [0.15, 0.2) is 0 Å². The molecule has 3 aliphatic rings. The van der Waals surface area contributed by atoms with E-state index in [0.29, 0.717) is 6.54 Å². The zero-order valence-electron chi connectivity index (χ0n) is 15.2. The standard InChI is InChI=1S/C17H32N2O2Si2/c1-22(2)12-13-23(3,4)19(22)11-7-10-18-16(20)14-8-5-6-9-15(14)17(18)21/h14-15H,5-13H2,1-4H3. The Kier molecular flexibility index (Phi) is 4.62. The van der Waals surface area contributed by atoms with E-state index in [9.17, 15) is 9.59 Å². The number of carbonyl (C=O) groups excluding carboxylic acids is 2. The van der Waals surface area contributed by atoms with Gasteiger partial charge in [-0.05, 0) is 37.9 Å². The third-order valence-electron chi connectivity index (χ3n) is 6.51. The highest BCUT2D eigenvalue weighted by Gasteiger charge is 2.49. The number of likely N-dealkylation sites (tertiary alicyclic amines) is 1. The zero-order chi connectivity index (χ0) is 16.8. The summed E-state index contributed by atoms with van der Waals surface area (Å²) in [6, 6.07) is 2.83. The molecule has 2 saturated heterocycles. The number of rotatable bonds is 4. The van der Waals surface area contributed by atoms with Crippen molar-refractivity contribution in [1.82, 2.24) is 9.13 Å². The van der Waals surface area contributed by atoms with Crippen molar-refractivity contribution in [1.29, 1.82) is 0 Å². The molecule has 0 bridgehead atoms. The predicted molar refractivity (Wildman–Crippen MR) is 98.1 cm³/mol. The van der Waals surface area contributed by atoms with Crippen molar-refractivity contribution in [2.24, 2.45) is 11.8 Å². The Morgan fingerprint density at radius 1 is 0.870 bits per heavy atom. The SMILES string of the molecule is C[Si]1(C)CC[Si](C)(C)N1CCCN1C(=O)C2CCCCC2C1=O. The molecule has 0 radical (unpaired) electrons. The molecule has 23 heavy (non-hydrogen) atoms. The van der Waals surface area contributed by atoms with Crippen LogP contribution in [0.3, 0.4) is 0 Å². The lowest BCUT2D eigenvalue weighted by molar-refractivity contribution is -0.139. The van der Waals surface area contributed by atoms with Gasteiger partial charge in [0, 0.05) is 6.54 Å². The quantitative estimate of drug-likeness (QED) is 0.576. The van der Waals surface area contributed by atoms with Crippen molar-refractivity contribution in [3.05, 3.63) is 0 Å². The molecule has 4 nitrogen and oxygen atoms in total. The Labute approximate surface area is 142 Å². The maximum Gasteiger partial charge on any atom is 0.233 e. The average Bonchev–Trinajstić information content (AvgIpc) is 2.86. The molecule has 0 aromatic rings. The molecule has 0 aromatic heterocycles. The van der Waals surface area contributed by atoms with Gasteiger partial charge >= 0.3 is 0 Å². The minimum Gasteiger partial charge on any atom is -0.345 e. The van der Waals surface area contributed by atoms with Crippen LogP contribution in [0.2, 0.25) is 38.3 Å². The topological polar surface area (TPSA) is 40.6 Å². The number of hydrogen-bond donors (Lipinski definition) is 0. The predicted octanol–water partition coefficient (Wildman–Crippen LogP) is 3.28. The Morgan fingerprint density at radius 2 is 1.35 bits per heavy atom. The second-order valence-electron chi connectivity index (χ2n) is 8.96.